The number of ether oxygens (including phenoxy) is 1. The Morgan fingerprint density at radius 2 is 2.29 bits per heavy atom. The number of likely N-dealkylation sites (tertiary alicyclic amines) is 1. The molecule has 1 saturated heterocycles. The van der Waals surface area contributed by atoms with Crippen LogP contribution >= 0.6 is 0 Å². The molecule has 0 radical (unpaired) electrons. The largest absolute Gasteiger partial charge is 0.495 e. The van der Waals surface area contributed by atoms with Crippen molar-refractivity contribution < 1.29 is 14.3 Å². The summed E-state index contributed by atoms with van der Waals surface area (Å²) in [6, 6.07) is 5.69. The van der Waals surface area contributed by atoms with Gasteiger partial charge in [-0.3, -0.25) is 4.79 Å². The summed E-state index contributed by atoms with van der Waals surface area (Å²) in [5.74, 6) is -0.0717. The first-order valence-electron chi connectivity index (χ1n) is 6.52. The molecule has 3 N–H and O–H groups in total. The zero-order valence-electron chi connectivity index (χ0n) is 11.6. The van der Waals surface area contributed by atoms with Crippen molar-refractivity contribution >= 4 is 17.6 Å². The molecule has 7 nitrogen and oxygen atoms in total. The summed E-state index contributed by atoms with van der Waals surface area (Å²) >= 11 is 0. The fraction of sp³-hybridized carbons (Fsp3) is 0.357. The van der Waals surface area contributed by atoms with Crippen LogP contribution in [0.25, 0.3) is 0 Å². The maximum Gasteiger partial charge on any atom is 0.322 e. The summed E-state index contributed by atoms with van der Waals surface area (Å²) in [7, 11) is 1.47. The predicted octanol–water partition coefficient (Wildman–Crippen LogP) is 1.05. The Bertz CT molecular complexity index is 609. The molecule has 1 aromatic carbocycles. The standard InChI is InChI=1S/C14H16N4O3/c1-21-12-5-4-9(8-15)7-10(12)17-14(20)18-6-2-3-11(18)13(16)19/h4-5,7,11H,2-3,6H2,1H3,(H2,16,19)(H,17,20). The minimum Gasteiger partial charge on any atom is -0.495 e. The first kappa shape index (κ1) is 14.7. The van der Waals surface area contributed by atoms with E-state index in [1.165, 1.54) is 18.1 Å². The second-order valence-corrected chi connectivity index (χ2v) is 4.71. The van der Waals surface area contributed by atoms with Gasteiger partial charge in [-0.2, -0.15) is 5.26 Å². The van der Waals surface area contributed by atoms with Gasteiger partial charge in [0.1, 0.15) is 11.8 Å². The van der Waals surface area contributed by atoms with Crippen LogP contribution in [0.5, 0.6) is 5.75 Å². The van der Waals surface area contributed by atoms with Gasteiger partial charge >= 0.3 is 6.03 Å². The Morgan fingerprint density at radius 1 is 1.52 bits per heavy atom. The van der Waals surface area contributed by atoms with Gasteiger partial charge in [0.25, 0.3) is 0 Å². The molecule has 0 aromatic heterocycles. The number of carbonyl (C=O) groups excluding carboxylic acids is 2. The average Bonchev–Trinajstić information content (AvgIpc) is 2.96. The molecule has 21 heavy (non-hydrogen) atoms. The number of primary amides is 1. The third kappa shape index (κ3) is 3.05. The number of nitrogens with two attached hydrogens (primary N) is 1. The van der Waals surface area contributed by atoms with E-state index in [9.17, 15) is 9.59 Å². The Morgan fingerprint density at radius 3 is 2.90 bits per heavy atom. The van der Waals surface area contributed by atoms with Crippen molar-refractivity contribution in [3.8, 4) is 11.8 Å². The van der Waals surface area contributed by atoms with Gasteiger partial charge in [0, 0.05) is 6.54 Å². The Balaban J connectivity index is 2.19. The van der Waals surface area contributed by atoms with Crippen molar-refractivity contribution in [3.63, 3.8) is 0 Å². The Labute approximate surface area is 122 Å². The molecule has 110 valence electrons. The number of amides is 3. The third-order valence-corrected chi connectivity index (χ3v) is 3.41. The second-order valence-electron chi connectivity index (χ2n) is 4.71. The van der Waals surface area contributed by atoms with Crippen LogP contribution in [0.1, 0.15) is 18.4 Å². The van der Waals surface area contributed by atoms with E-state index in [-0.39, 0.29) is 0 Å². The zero-order valence-corrected chi connectivity index (χ0v) is 11.6. The lowest BCUT2D eigenvalue weighted by molar-refractivity contribution is -0.121. The number of nitrogens with zero attached hydrogens (tertiary/aromatic N) is 2. The van der Waals surface area contributed by atoms with Crippen molar-refractivity contribution in [1.29, 1.82) is 5.26 Å². The molecule has 1 unspecified atom stereocenters. The quantitative estimate of drug-likeness (QED) is 0.866. The number of nitriles is 1. The average molecular weight is 288 g/mol. The third-order valence-electron chi connectivity index (χ3n) is 3.41. The number of hydrogen-bond donors (Lipinski definition) is 2. The minimum absolute atomic E-state index is 0.386. The molecule has 0 aliphatic carbocycles. The number of hydrogen-bond acceptors (Lipinski definition) is 4. The minimum atomic E-state index is -0.588. The fourth-order valence-electron chi connectivity index (χ4n) is 2.37. The fourth-order valence-corrected chi connectivity index (χ4v) is 2.37. The van der Waals surface area contributed by atoms with Crippen molar-refractivity contribution in [1.82, 2.24) is 4.90 Å². The molecule has 2 rings (SSSR count). The van der Waals surface area contributed by atoms with Crippen LogP contribution in [0.15, 0.2) is 18.2 Å². The van der Waals surface area contributed by atoms with E-state index >= 15 is 0 Å². The van der Waals surface area contributed by atoms with Crippen LogP contribution in [0.2, 0.25) is 0 Å². The maximum atomic E-state index is 12.3. The van der Waals surface area contributed by atoms with Gasteiger partial charge in [-0.05, 0) is 31.0 Å². The molecule has 1 atom stereocenters. The highest BCUT2D eigenvalue weighted by Crippen LogP contribution is 2.26. The van der Waals surface area contributed by atoms with Crippen molar-refractivity contribution in [2.75, 3.05) is 19.0 Å². The summed E-state index contributed by atoms with van der Waals surface area (Å²) in [4.78, 5) is 25.0. The van der Waals surface area contributed by atoms with Gasteiger partial charge in [0.15, 0.2) is 0 Å². The van der Waals surface area contributed by atoms with Crippen LogP contribution in [0.4, 0.5) is 10.5 Å². The van der Waals surface area contributed by atoms with Crippen LogP contribution < -0.4 is 15.8 Å². The number of urea groups is 1. The van der Waals surface area contributed by atoms with Crippen LogP contribution in [-0.2, 0) is 4.79 Å². The van der Waals surface area contributed by atoms with E-state index in [1.807, 2.05) is 6.07 Å². The lowest BCUT2D eigenvalue weighted by Gasteiger charge is -2.23. The van der Waals surface area contributed by atoms with Crippen LogP contribution in [0.3, 0.4) is 0 Å². The highest BCUT2D eigenvalue weighted by Gasteiger charge is 2.32. The van der Waals surface area contributed by atoms with Gasteiger partial charge in [0.05, 0.1) is 24.4 Å². The molecule has 0 saturated carbocycles. The lowest BCUT2D eigenvalue weighted by atomic mass is 10.2. The summed E-state index contributed by atoms with van der Waals surface area (Å²) in [6.07, 6.45) is 1.30. The van der Waals surface area contributed by atoms with Gasteiger partial charge in [-0.25, -0.2) is 4.79 Å². The molecule has 0 bridgehead atoms. The van der Waals surface area contributed by atoms with Gasteiger partial charge in [0.2, 0.25) is 5.91 Å². The molecular formula is C14H16N4O3. The molecule has 1 aromatic rings. The summed E-state index contributed by atoms with van der Waals surface area (Å²) in [5, 5.41) is 11.6. The van der Waals surface area contributed by atoms with E-state index in [0.717, 1.165) is 6.42 Å². The molecular weight excluding hydrogens is 272 g/mol. The predicted molar refractivity (Wildman–Crippen MR) is 75.7 cm³/mol. The number of methoxy groups -OCH3 is 1. The molecule has 3 amide bonds. The van der Waals surface area contributed by atoms with Gasteiger partial charge in [-0.1, -0.05) is 0 Å². The summed E-state index contributed by atoms with van der Waals surface area (Å²) in [5.41, 5.74) is 6.08. The lowest BCUT2D eigenvalue weighted by Crippen LogP contribution is -2.45. The number of benzene rings is 1. The molecule has 1 aliphatic rings. The Hall–Kier alpha value is -2.75. The van der Waals surface area contributed by atoms with Gasteiger partial charge < -0.3 is 20.7 Å². The van der Waals surface area contributed by atoms with E-state index in [0.29, 0.717) is 30.0 Å². The van der Waals surface area contributed by atoms with Crippen molar-refractivity contribution in [2.24, 2.45) is 5.73 Å². The molecule has 1 fully saturated rings. The second kappa shape index (κ2) is 6.13. The van der Waals surface area contributed by atoms with Crippen molar-refractivity contribution in [3.05, 3.63) is 23.8 Å². The SMILES string of the molecule is COc1ccc(C#N)cc1NC(=O)N1CCCC1C(N)=O. The van der Waals surface area contributed by atoms with Crippen molar-refractivity contribution in [2.45, 2.75) is 18.9 Å². The molecule has 7 heteroatoms. The maximum absolute atomic E-state index is 12.3. The number of nitrogens with one attached hydrogen (secondary N) is 1. The van der Waals surface area contributed by atoms with Crippen LogP contribution in [-0.4, -0.2) is 36.5 Å². The monoisotopic (exact) mass is 288 g/mol. The topological polar surface area (TPSA) is 108 Å². The van der Waals surface area contributed by atoms with E-state index in [1.54, 1.807) is 12.1 Å². The molecule has 1 heterocycles. The summed E-state index contributed by atoms with van der Waals surface area (Å²) < 4.78 is 5.15. The normalized spacial score (nSPS) is 17.1. The van der Waals surface area contributed by atoms with Gasteiger partial charge in [-0.15, -0.1) is 0 Å². The van der Waals surface area contributed by atoms with Crippen LogP contribution in [0, 0.1) is 11.3 Å². The highest BCUT2D eigenvalue weighted by atomic mass is 16.5. The molecule has 0 spiro atoms. The van der Waals surface area contributed by atoms with E-state index in [2.05, 4.69) is 5.32 Å². The van der Waals surface area contributed by atoms with E-state index in [4.69, 9.17) is 15.7 Å². The summed E-state index contributed by atoms with van der Waals surface area (Å²) in [6.45, 7) is 0.472. The first-order chi connectivity index (χ1) is 10.1. The Kier molecular flexibility index (Phi) is 4.28. The first-order valence-corrected chi connectivity index (χ1v) is 6.52. The highest BCUT2D eigenvalue weighted by molar-refractivity contribution is 5.95. The molecule has 1 aliphatic heterocycles. The number of carbonyl (C=O) groups is 2. The zero-order chi connectivity index (χ0) is 15.4. The van der Waals surface area contributed by atoms with E-state index < -0.39 is 18.0 Å². The number of anilines is 1. The smallest absolute Gasteiger partial charge is 0.322 e. The number of rotatable bonds is 3.